The Bertz CT molecular complexity index is 259. The zero-order valence-corrected chi connectivity index (χ0v) is 7.67. The van der Waals surface area contributed by atoms with Crippen LogP contribution < -0.4 is 5.73 Å². The fourth-order valence-electron chi connectivity index (χ4n) is 1.12. The van der Waals surface area contributed by atoms with Crippen LogP contribution in [0.2, 0.25) is 0 Å². The van der Waals surface area contributed by atoms with Crippen molar-refractivity contribution >= 4 is 12.4 Å². The van der Waals surface area contributed by atoms with Gasteiger partial charge in [-0.15, -0.1) is 12.4 Å². The molecule has 1 unspecified atom stereocenters. The molecule has 2 N–H and O–H groups in total. The molecule has 0 radical (unpaired) electrons. The lowest BCUT2D eigenvalue weighted by Gasteiger charge is -2.01. The van der Waals surface area contributed by atoms with Crippen molar-refractivity contribution in [1.82, 2.24) is 10.1 Å². The first-order valence-electron chi connectivity index (χ1n) is 3.83. The minimum Gasteiger partial charge on any atom is -0.340 e. The monoisotopic (exact) mass is 189 g/mol. The van der Waals surface area contributed by atoms with Gasteiger partial charge < -0.3 is 10.3 Å². The van der Waals surface area contributed by atoms with E-state index in [4.69, 9.17) is 10.3 Å². The number of nitrogens with zero attached hydrogens (tertiary/aromatic N) is 2. The molecule has 0 spiro atoms. The summed E-state index contributed by atoms with van der Waals surface area (Å²) in [5.41, 5.74) is 5.83. The molecule has 2 rings (SSSR count). The first kappa shape index (κ1) is 9.48. The fraction of sp³-hybridized carbons (Fsp3) is 0.714. The zero-order valence-electron chi connectivity index (χ0n) is 6.86. The highest BCUT2D eigenvalue weighted by molar-refractivity contribution is 5.85. The van der Waals surface area contributed by atoms with Gasteiger partial charge >= 0.3 is 0 Å². The summed E-state index contributed by atoms with van der Waals surface area (Å²) in [4.78, 5) is 4.07. The third-order valence-corrected chi connectivity index (χ3v) is 1.97. The lowest BCUT2D eigenvalue weighted by Crippen LogP contribution is -2.13. The molecule has 0 amide bonds. The fourth-order valence-corrected chi connectivity index (χ4v) is 1.12. The van der Waals surface area contributed by atoms with E-state index < -0.39 is 0 Å². The van der Waals surface area contributed by atoms with E-state index in [1.54, 1.807) is 6.92 Å². The van der Waals surface area contributed by atoms with Crippen molar-refractivity contribution in [2.45, 2.75) is 25.8 Å². The Balaban J connectivity index is 0.000000720. The highest BCUT2D eigenvalue weighted by Crippen LogP contribution is 2.38. The maximum Gasteiger partial charge on any atom is 0.223 e. The minimum atomic E-state index is -0.00699. The van der Waals surface area contributed by atoms with Gasteiger partial charge in [-0.3, -0.25) is 0 Å². The Kier molecular flexibility index (Phi) is 2.69. The van der Waals surface area contributed by atoms with Crippen LogP contribution in [0.3, 0.4) is 0 Å². The Hall–Kier alpha value is -0.610. The first-order chi connectivity index (χ1) is 5.27. The van der Waals surface area contributed by atoms with Crippen molar-refractivity contribution in [3.8, 4) is 0 Å². The largest absolute Gasteiger partial charge is 0.340 e. The number of rotatable bonds is 2. The molecule has 1 saturated carbocycles. The third kappa shape index (κ3) is 1.76. The molecular weight excluding hydrogens is 178 g/mol. The van der Waals surface area contributed by atoms with Gasteiger partial charge in [-0.2, -0.15) is 4.98 Å². The predicted molar refractivity (Wildman–Crippen MR) is 45.9 cm³/mol. The summed E-state index contributed by atoms with van der Waals surface area (Å²) in [5, 5.41) is 3.77. The second-order valence-electron chi connectivity index (χ2n) is 3.03. The number of hydrogen-bond donors (Lipinski definition) is 1. The molecule has 0 aromatic carbocycles. The molecule has 12 heavy (non-hydrogen) atoms. The molecule has 1 fully saturated rings. The number of aryl methyl sites for hydroxylation is 1. The molecule has 1 aliphatic rings. The highest BCUT2D eigenvalue weighted by Gasteiger charge is 2.32. The maximum absolute atomic E-state index is 5.83. The van der Waals surface area contributed by atoms with E-state index in [2.05, 4.69) is 10.1 Å². The SMILES string of the molecule is Cc1nc(C(N)C2CC2)no1.Cl. The van der Waals surface area contributed by atoms with Crippen molar-refractivity contribution in [2.75, 3.05) is 0 Å². The Labute approximate surface area is 76.9 Å². The minimum absolute atomic E-state index is 0. The molecule has 0 aliphatic heterocycles. The second-order valence-corrected chi connectivity index (χ2v) is 3.03. The van der Waals surface area contributed by atoms with Crippen LogP contribution in [-0.4, -0.2) is 10.1 Å². The van der Waals surface area contributed by atoms with Gasteiger partial charge in [-0.1, -0.05) is 5.16 Å². The average Bonchev–Trinajstić information content (AvgIpc) is 2.74. The van der Waals surface area contributed by atoms with Crippen LogP contribution in [-0.2, 0) is 0 Å². The quantitative estimate of drug-likeness (QED) is 0.760. The summed E-state index contributed by atoms with van der Waals surface area (Å²) < 4.78 is 4.82. The van der Waals surface area contributed by atoms with E-state index in [-0.39, 0.29) is 18.4 Å². The molecule has 4 nitrogen and oxygen atoms in total. The van der Waals surface area contributed by atoms with Gasteiger partial charge in [-0.25, -0.2) is 0 Å². The van der Waals surface area contributed by atoms with Gasteiger partial charge in [0, 0.05) is 6.92 Å². The first-order valence-corrected chi connectivity index (χ1v) is 3.83. The Morgan fingerprint density at radius 3 is 2.67 bits per heavy atom. The summed E-state index contributed by atoms with van der Waals surface area (Å²) in [6.07, 6.45) is 2.41. The number of halogens is 1. The highest BCUT2D eigenvalue weighted by atomic mass is 35.5. The Morgan fingerprint density at radius 1 is 1.58 bits per heavy atom. The zero-order chi connectivity index (χ0) is 7.84. The standard InChI is InChI=1S/C7H11N3O.ClH/c1-4-9-7(10-11-4)6(8)5-2-3-5;/h5-6H,2-3,8H2,1H3;1H. The van der Waals surface area contributed by atoms with Crippen molar-refractivity contribution < 1.29 is 4.52 Å². The topological polar surface area (TPSA) is 64.9 Å². The van der Waals surface area contributed by atoms with Crippen molar-refractivity contribution in [1.29, 1.82) is 0 Å². The van der Waals surface area contributed by atoms with Crippen LogP contribution in [0.5, 0.6) is 0 Å². The molecule has 68 valence electrons. The lowest BCUT2D eigenvalue weighted by atomic mass is 10.2. The molecule has 5 heteroatoms. The lowest BCUT2D eigenvalue weighted by molar-refractivity contribution is 0.380. The van der Waals surface area contributed by atoms with E-state index in [1.807, 2.05) is 0 Å². The second kappa shape index (κ2) is 3.41. The molecular formula is C7H12ClN3O. The van der Waals surface area contributed by atoms with E-state index in [0.29, 0.717) is 17.6 Å². The third-order valence-electron chi connectivity index (χ3n) is 1.97. The van der Waals surface area contributed by atoms with Crippen LogP contribution in [0, 0.1) is 12.8 Å². The normalized spacial score (nSPS) is 18.5. The van der Waals surface area contributed by atoms with Crippen LogP contribution in [0.25, 0.3) is 0 Å². The van der Waals surface area contributed by atoms with Crippen LogP contribution in [0.15, 0.2) is 4.52 Å². The van der Waals surface area contributed by atoms with Gasteiger partial charge in [0.25, 0.3) is 0 Å². The summed E-state index contributed by atoms with van der Waals surface area (Å²) in [6.45, 7) is 1.77. The van der Waals surface area contributed by atoms with Gasteiger partial charge in [-0.05, 0) is 18.8 Å². The molecule has 0 saturated heterocycles. The molecule has 1 aliphatic carbocycles. The molecule has 1 aromatic heterocycles. The smallest absolute Gasteiger partial charge is 0.223 e. The van der Waals surface area contributed by atoms with Gasteiger partial charge in [0.1, 0.15) is 0 Å². The summed E-state index contributed by atoms with van der Waals surface area (Å²) in [6, 6.07) is -0.00699. The van der Waals surface area contributed by atoms with E-state index in [9.17, 15) is 0 Å². The molecule has 1 heterocycles. The van der Waals surface area contributed by atoms with Crippen LogP contribution >= 0.6 is 12.4 Å². The number of hydrogen-bond acceptors (Lipinski definition) is 4. The summed E-state index contributed by atoms with van der Waals surface area (Å²) >= 11 is 0. The van der Waals surface area contributed by atoms with Crippen LogP contribution in [0.1, 0.15) is 30.6 Å². The van der Waals surface area contributed by atoms with E-state index >= 15 is 0 Å². The number of nitrogens with two attached hydrogens (primary N) is 1. The summed E-state index contributed by atoms with van der Waals surface area (Å²) in [7, 11) is 0. The van der Waals surface area contributed by atoms with Gasteiger partial charge in [0.2, 0.25) is 5.89 Å². The van der Waals surface area contributed by atoms with Gasteiger partial charge in [0.05, 0.1) is 6.04 Å². The van der Waals surface area contributed by atoms with Crippen molar-refractivity contribution in [3.63, 3.8) is 0 Å². The molecule has 0 bridgehead atoms. The van der Waals surface area contributed by atoms with Gasteiger partial charge in [0.15, 0.2) is 5.82 Å². The van der Waals surface area contributed by atoms with Crippen molar-refractivity contribution in [3.05, 3.63) is 11.7 Å². The van der Waals surface area contributed by atoms with Crippen molar-refractivity contribution in [2.24, 2.45) is 11.7 Å². The number of aromatic nitrogens is 2. The van der Waals surface area contributed by atoms with E-state index in [1.165, 1.54) is 12.8 Å². The predicted octanol–water partition coefficient (Wildman–Crippen LogP) is 1.21. The molecule has 1 aromatic rings. The van der Waals surface area contributed by atoms with Crippen LogP contribution in [0.4, 0.5) is 0 Å². The van der Waals surface area contributed by atoms with E-state index in [0.717, 1.165) is 0 Å². The Morgan fingerprint density at radius 2 is 2.25 bits per heavy atom. The molecule has 1 atom stereocenters. The summed E-state index contributed by atoms with van der Waals surface area (Å²) in [5.74, 6) is 1.84. The maximum atomic E-state index is 5.83. The average molecular weight is 190 g/mol.